The van der Waals surface area contributed by atoms with Gasteiger partial charge in [0.2, 0.25) is 5.91 Å². The van der Waals surface area contributed by atoms with Crippen molar-refractivity contribution in [3.05, 3.63) is 71.8 Å². The predicted molar refractivity (Wildman–Crippen MR) is 127 cm³/mol. The average Bonchev–Trinajstić information content (AvgIpc) is 3.13. The van der Waals surface area contributed by atoms with E-state index in [4.69, 9.17) is 9.84 Å². The van der Waals surface area contributed by atoms with Crippen molar-refractivity contribution < 1.29 is 24.5 Å². The van der Waals surface area contributed by atoms with Gasteiger partial charge in [-0.25, -0.2) is 0 Å². The molecule has 3 rings (SSSR count). The van der Waals surface area contributed by atoms with Gasteiger partial charge >= 0.3 is 5.97 Å². The molecule has 1 amide bonds. The molecule has 33 heavy (non-hydrogen) atoms. The molecule has 1 unspecified atom stereocenters. The van der Waals surface area contributed by atoms with Crippen molar-refractivity contribution in [1.82, 2.24) is 4.90 Å². The van der Waals surface area contributed by atoms with Crippen molar-refractivity contribution in [2.75, 3.05) is 6.54 Å². The predicted octanol–water partition coefficient (Wildman–Crippen LogP) is 5.40. The lowest BCUT2D eigenvalue weighted by Gasteiger charge is -2.22. The number of aliphatic hydroxyl groups excluding tert-OH is 1. The molecule has 1 aliphatic rings. The minimum atomic E-state index is -0.792. The molecule has 1 aliphatic heterocycles. The average molecular weight is 452 g/mol. The molecule has 0 radical (unpaired) electrons. The van der Waals surface area contributed by atoms with Crippen LogP contribution in [0.5, 0.6) is 11.5 Å². The van der Waals surface area contributed by atoms with Crippen LogP contribution in [0.15, 0.2) is 60.7 Å². The molecule has 0 bridgehead atoms. The number of aliphatic carboxylic acids is 1. The Kier molecular flexibility index (Phi) is 9.07. The Bertz CT molecular complexity index is 970. The Balaban J connectivity index is 1.53. The fourth-order valence-electron chi connectivity index (χ4n) is 4.08. The number of ether oxygens (including phenoxy) is 1. The van der Waals surface area contributed by atoms with Gasteiger partial charge in [-0.2, -0.15) is 0 Å². The van der Waals surface area contributed by atoms with Gasteiger partial charge in [-0.1, -0.05) is 49.3 Å². The molecule has 2 N–H and O–H groups in total. The first-order chi connectivity index (χ1) is 15.9. The molecule has 0 aliphatic carbocycles. The SMILES string of the molecule is Cc1cccc(Oc2cccc([C@H](O)/C=C/C3CCC(=O)N3CCCCCCC(=O)O)c2)c1. The summed E-state index contributed by atoms with van der Waals surface area (Å²) < 4.78 is 5.92. The zero-order valence-corrected chi connectivity index (χ0v) is 19.2. The van der Waals surface area contributed by atoms with Crippen LogP contribution in [0.25, 0.3) is 0 Å². The van der Waals surface area contributed by atoms with Crippen LogP contribution in [0.2, 0.25) is 0 Å². The molecule has 6 heteroatoms. The number of nitrogens with zero attached hydrogens (tertiary/aromatic N) is 1. The summed E-state index contributed by atoms with van der Waals surface area (Å²) in [7, 11) is 0. The van der Waals surface area contributed by atoms with Crippen molar-refractivity contribution in [2.24, 2.45) is 0 Å². The number of carboxylic acid groups (broad SMARTS) is 1. The van der Waals surface area contributed by atoms with Gasteiger partial charge in [0.15, 0.2) is 0 Å². The van der Waals surface area contributed by atoms with Gasteiger partial charge in [0.05, 0.1) is 12.1 Å². The Morgan fingerprint density at radius 1 is 1.12 bits per heavy atom. The van der Waals surface area contributed by atoms with Gasteiger partial charge in [0.25, 0.3) is 0 Å². The monoisotopic (exact) mass is 451 g/mol. The molecular weight excluding hydrogens is 418 g/mol. The van der Waals surface area contributed by atoms with E-state index in [9.17, 15) is 14.7 Å². The Labute approximate surface area is 195 Å². The standard InChI is InChI=1S/C27H33NO5/c1-20-8-6-10-23(18-20)33-24-11-7-9-21(19-24)25(29)15-13-22-14-16-26(30)28(22)17-5-3-2-4-12-27(31)32/h6-11,13,15,18-19,22,25,29H,2-5,12,14,16-17H2,1H3,(H,31,32)/b15-13+/t22?,25-/m1/s1. The molecule has 2 atom stereocenters. The van der Waals surface area contributed by atoms with Gasteiger partial charge in [-0.3, -0.25) is 9.59 Å². The number of unbranched alkanes of at least 4 members (excludes halogenated alkanes) is 3. The minimum Gasteiger partial charge on any atom is -0.481 e. The van der Waals surface area contributed by atoms with Crippen LogP contribution in [-0.2, 0) is 9.59 Å². The molecule has 1 fully saturated rings. The summed E-state index contributed by atoms with van der Waals surface area (Å²) >= 11 is 0. The van der Waals surface area contributed by atoms with Crippen molar-refractivity contribution in [3.8, 4) is 11.5 Å². The van der Waals surface area contributed by atoms with Crippen molar-refractivity contribution in [2.45, 2.75) is 64.0 Å². The van der Waals surface area contributed by atoms with E-state index in [-0.39, 0.29) is 18.4 Å². The van der Waals surface area contributed by atoms with E-state index in [0.717, 1.165) is 42.6 Å². The highest BCUT2D eigenvalue weighted by Crippen LogP contribution is 2.27. The third-order valence-electron chi connectivity index (χ3n) is 5.85. The quantitative estimate of drug-likeness (QED) is 0.333. The second-order valence-corrected chi connectivity index (χ2v) is 8.57. The van der Waals surface area contributed by atoms with E-state index in [1.54, 1.807) is 6.08 Å². The lowest BCUT2D eigenvalue weighted by molar-refractivity contribution is -0.137. The molecule has 0 saturated carbocycles. The van der Waals surface area contributed by atoms with Crippen LogP contribution in [-0.4, -0.2) is 39.6 Å². The van der Waals surface area contributed by atoms with Crippen LogP contribution >= 0.6 is 0 Å². The van der Waals surface area contributed by atoms with Gasteiger partial charge < -0.3 is 19.8 Å². The second kappa shape index (κ2) is 12.2. The number of carbonyl (C=O) groups is 2. The number of carboxylic acids is 1. The molecule has 176 valence electrons. The minimum absolute atomic E-state index is 0.0158. The maximum Gasteiger partial charge on any atom is 0.303 e. The fourth-order valence-corrected chi connectivity index (χ4v) is 4.08. The Morgan fingerprint density at radius 3 is 2.61 bits per heavy atom. The van der Waals surface area contributed by atoms with Crippen LogP contribution in [0, 0.1) is 6.92 Å². The highest BCUT2D eigenvalue weighted by molar-refractivity contribution is 5.79. The van der Waals surface area contributed by atoms with Gasteiger partial charge in [-0.15, -0.1) is 0 Å². The number of hydrogen-bond donors (Lipinski definition) is 2. The van der Waals surface area contributed by atoms with E-state index in [2.05, 4.69) is 0 Å². The van der Waals surface area contributed by atoms with Gasteiger partial charge in [0.1, 0.15) is 11.5 Å². The molecule has 1 saturated heterocycles. The van der Waals surface area contributed by atoms with Crippen LogP contribution in [0.4, 0.5) is 0 Å². The van der Waals surface area contributed by atoms with Crippen molar-refractivity contribution in [1.29, 1.82) is 0 Å². The third-order valence-corrected chi connectivity index (χ3v) is 5.85. The zero-order valence-electron chi connectivity index (χ0n) is 19.2. The summed E-state index contributed by atoms with van der Waals surface area (Å²) in [6.45, 7) is 2.67. The van der Waals surface area contributed by atoms with Crippen molar-refractivity contribution >= 4 is 11.9 Å². The maximum absolute atomic E-state index is 12.3. The van der Waals surface area contributed by atoms with Gasteiger partial charge in [0, 0.05) is 19.4 Å². The van der Waals surface area contributed by atoms with E-state index in [0.29, 0.717) is 25.1 Å². The first kappa shape index (κ1) is 24.5. The van der Waals surface area contributed by atoms with E-state index >= 15 is 0 Å². The zero-order chi connectivity index (χ0) is 23.6. The number of hydrogen-bond acceptors (Lipinski definition) is 4. The number of aliphatic hydroxyl groups is 1. The summed E-state index contributed by atoms with van der Waals surface area (Å²) in [4.78, 5) is 24.7. The molecule has 0 aromatic heterocycles. The summed E-state index contributed by atoms with van der Waals surface area (Å²) in [6, 6.07) is 15.2. The van der Waals surface area contributed by atoms with Crippen LogP contribution in [0.1, 0.15) is 62.2 Å². The fraction of sp³-hybridized carbons (Fsp3) is 0.407. The number of benzene rings is 2. The largest absolute Gasteiger partial charge is 0.481 e. The van der Waals surface area contributed by atoms with Crippen LogP contribution < -0.4 is 4.74 Å². The van der Waals surface area contributed by atoms with E-state index in [1.165, 1.54) is 0 Å². The lowest BCUT2D eigenvalue weighted by Crippen LogP contribution is -2.32. The summed E-state index contributed by atoms with van der Waals surface area (Å²) in [6.07, 6.45) is 7.63. The summed E-state index contributed by atoms with van der Waals surface area (Å²) in [5.41, 5.74) is 1.84. The Morgan fingerprint density at radius 2 is 1.85 bits per heavy atom. The Hall–Kier alpha value is -3.12. The smallest absolute Gasteiger partial charge is 0.303 e. The third kappa shape index (κ3) is 7.75. The number of likely N-dealkylation sites (tertiary alicyclic amines) is 1. The highest BCUT2D eigenvalue weighted by Gasteiger charge is 2.28. The highest BCUT2D eigenvalue weighted by atomic mass is 16.5. The number of rotatable bonds is 12. The summed E-state index contributed by atoms with van der Waals surface area (Å²) in [5.74, 6) is 0.783. The van der Waals surface area contributed by atoms with Crippen molar-refractivity contribution in [3.63, 3.8) is 0 Å². The normalized spacial score (nSPS) is 17.0. The van der Waals surface area contributed by atoms with E-state index in [1.807, 2.05) is 66.4 Å². The van der Waals surface area contributed by atoms with Crippen LogP contribution in [0.3, 0.4) is 0 Å². The number of aryl methyl sites for hydroxylation is 1. The second-order valence-electron chi connectivity index (χ2n) is 8.57. The lowest BCUT2D eigenvalue weighted by atomic mass is 10.1. The first-order valence-corrected chi connectivity index (χ1v) is 11.6. The topological polar surface area (TPSA) is 87.1 Å². The van der Waals surface area contributed by atoms with Gasteiger partial charge in [-0.05, 0) is 61.6 Å². The van der Waals surface area contributed by atoms with E-state index < -0.39 is 12.1 Å². The summed E-state index contributed by atoms with van der Waals surface area (Å²) in [5, 5.41) is 19.4. The first-order valence-electron chi connectivity index (χ1n) is 11.6. The molecule has 2 aromatic carbocycles. The molecule has 2 aromatic rings. The number of carbonyl (C=O) groups excluding carboxylic acids is 1. The maximum atomic E-state index is 12.3. The molecular formula is C27H33NO5. The molecule has 1 heterocycles. The number of amides is 1. The molecule has 6 nitrogen and oxygen atoms in total. The molecule has 0 spiro atoms.